The average molecular weight is 247 g/mol. The molecule has 5 heteroatoms. The lowest BCUT2D eigenvalue weighted by molar-refractivity contribution is -0.119. The van der Waals surface area contributed by atoms with Gasteiger partial charge in [0.25, 0.3) is 0 Å². The lowest BCUT2D eigenvalue weighted by Gasteiger charge is -2.29. The molecule has 1 aliphatic heterocycles. The van der Waals surface area contributed by atoms with Crippen LogP contribution in [0.5, 0.6) is 0 Å². The highest BCUT2D eigenvalue weighted by Gasteiger charge is 2.21. The predicted octanol–water partition coefficient (Wildman–Crippen LogP) is 1.97. The van der Waals surface area contributed by atoms with Crippen molar-refractivity contribution in [3.63, 3.8) is 0 Å². The summed E-state index contributed by atoms with van der Waals surface area (Å²) in [6.45, 7) is 1.48. The monoisotopic (exact) mass is 247 g/mol. The van der Waals surface area contributed by atoms with Crippen LogP contribution in [-0.4, -0.2) is 34.2 Å². The highest BCUT2D eigenvalue weighted by atomic mass is 19.1. The summed E-state index contributed by atoms with van der Waals surface area (Å²) in [5, 5.41) is 5.31. The van der Waals surface area contributed by atoms with Crippen LogP contribution >= 0.6 is 0 Å². The molecule has 0 unspecified atom stereocenters. The molecular formula is C13H14FN3O. The lowest BCUT2D eigenvalue weighted by atomic mass is 10.1. The molecular weight excluding hydrogens is 233 g/mol. The van der Waals surface area contributed by atoms with Crippen LogP contribution in [0.3, 0.4) is 0 Å². The van der Waals surface area contributed by atoms with Crippen molar-refractivity contribution in [3.05, 3.63) is 30.2 Å². The molecule has 18 heavy (non-hydrogen) atoms. The van der Waals surface area contributed by atoms with Gasteiger partial charge in [0.1, 0.15) is 5.82 Å². The van der Waals surface area contributed by atoms with Crippen molar-refractivity contribution in [3.8, 4) is 0 Å². The van der Waals surface area contributed by atoms with Crippen molar-refractivity contribution in [2.24, 2.45) is 0 Å². The van der Waals surface area contributed by atoms with E-state index in [2.05, 4.69) is 5.10 Å². The van der Waals surface area contributed by atoms with Crippen molar-refractivity contribution in [2.45, 2.75) is 18.9 Å². The Bertz CT molecular complexity index is 573. The van der Waals surface area contributed by atoms with Gasteiger partial charge < -0.3 is 4.90 Å². The minimum atomic E-state index is -0.241. The molecule has 0 aliphatic carbocycles. The van der Waals surface area contributed by atoms with Gasteiger partial charge in [-0.05, 0) is 31.0 Å². The second-order valence-corrected chi connectivity index (χ2v) is 4.66. The van der Waals surface area contributed by atoms with Gasteiger partial charge in [0, 0.05) is 18.5 Å². The molecule has 0 N–H and O–H groups in total. The first-order chi connectivity index (χ1) is 8.78. The molecule has 1 aromatic carbocycles. The first kappa shape index (κ1) is 11.2. The quantitative estimate of drug-likeness (QED) is 0.761. The summed E-state index contributed by atoms with van der Waals surface area (Å²) in [6.07, 6.45) is 4.38. The summed E-state index contributed by atoms with van der Waals surface area (Å²) in [5.41, 5.74) is 0.833. The average Bonchev–Trinajstić information content (AvgIpc) is 2.82. The standard InChI is InChI=1S/C13H14FN3O/c14-11-2-1-10-8-15-17(13(10)7-11)12-3-5-16(9-18)6-4-12/h1-2,7-9,12H,3-6H2. The molecule has 1 aromatic heterocycles. The zero-order chi connectivity index (χ0) is 12.5. The number of hydrogen-bond donors (Lipinski definition) is 0. The van der Waals surface area contributed by atoms with Crippen molar-refractivity contribution in [1.82, 2.24) is 14.7 Å². The molecule has 2 heterocycles. The summed E-state index contributed by atoms with van der Waals surface area (Å²) in [7, 11) is 0. The normalized spacial score (nSPS) is 17.3. The fraction of sp³-hybridized carbons (Fsp3) is 0.385. The summed E-state index contributed by atoms with van der Waals surface area (Å²) in [5.74, 6) is -0.241. The second kappa shape index (κ2) is 4.40. The van der Waals surface area contributed by atoms with Crippen LogP contribution in [0, 0.1) is 5.82 Å². The van der Waals surface area contributed by atoms with E-state index in [0.29, 0.717) is 0 Å². The molecule has 1 saturated heterocycles. The Morgan fingerprint density at radius 2 is 2.11 bits per heavy atom. The predicted molar refractivity (Wildman–Crippen MR) is 65.6 cm³/mol. The Balaban J connectivity index is 1.90. The number of likely N-dealkylation sites (tertiary alicyclic amines) is 1. The smallest absolute Gasteiger partial charge is 0.209 e. The third kappa shape index (κ3) is 1.85. The van der Waals surface area contributed by atoms with E-state index in [4.69, 9.17) is 0 Å². The molecule has 3 rings (SSSR count). The van der Waals surface area contributed by atoms with Gasteiger partial charge in [-0.3, -0.25) is 9.48 Å². The van der Waals surface area contributed by atoms with Crippen LogP contribution < -0.4 is 0 Å². The number of amides is 1. The summed E-state index contributed by atoms with van der Waals surface area (Å²) < 4.78 is 15.2. The maximum absolute atomic E-state index is 13.3. The highest BCUT2D eigenvalue weighted by Crippen LogP contribution is 2.26. The zero-order valence-electron chi connectivity index (χ0n) is 9.92. The third-order valence-corrected chi connectivity index (χ3v) is 3.55. The first-order valence-corrected chi connectivity index (χ1v) is 6.10. The number of benzene rings is 1. The SMILES string of the molecule is O=CN1CCC(n2ncc3ccc(F)cc32)CC1. The van der Waals surface area contributed by atoms with Gasteiger partial charge in [-0.15, -0.1) is 0 Å². The number of nitrogens with zero attached hydrogens (tertiary/aromatic N) is 3. The van der Waals surface area contributed by atoms with Gasteiger partial charge in [0.2, 0.25) is 6.41 Å². The number of hydrogen-bond acceptors (Lipinski definition) is 2. The number of aromatic nitrogens is 2. The van der Waals surface area contributed by atoms with Gasteiger partial charge in [0.15, 0.2) is 0 Å². The molecule has 1 fully saturated rings. The molecule has 94 valence electrons. The first-order valence-electron chi connectivity index (χ1n) is 6.10. The van der Waals surface area contributed by atoms with Gasteiger partial charge in [-0.25, -0.2) is 4.39 Å². The maximum Gasteiger partial charge on any atom is 0.209 e. The molecule has 1 amide bonds. The number of rotatable bonds is 2. The number of piperidine rings is 1. The van der Waals surface area contributed by atoms with Crippen LogP contribution in [0.4, 0.5) is 4.39 Å². The van der Waals surface area contributed by atoms with E-state index in [9.17, 15) is 9.18 Å². The molecule has 0 atom stereocenters. The van der Waals surface area contributed by atoms with E-state index in [1.165, 1.54) is 12.1 Å². The van der Waals surface area contributed by atoms with Crippen LogP contribution in [0.1, 0.15) is 18.9 Å². The van der Waals surface area contributed by atoms with Crippen LogP contribution in [0.2, 0.25) is 0 Å². The van der Waals surface area contributed by atoms with E-state index < -0.39 is 0 Å². The van der Waals surface area contributed by atoms with E-state index >= 15 is 0 Å². The van der Waals surface area contributed by atoms with Crippen LogP contribution in [-0.2, 0) is 4.79 Å². The Hall–Kier alpha value is -1.91. The van der Waals surface area contributed by atoms with Gasteiger partial charge in [-0.1, -0.05) is 0 Å². The molecule has 4 nitrogen and oxygen atoms in total. The van der Waals surface area contributed by atoms with Gasteiger partial charge in [-0.2, -0.15) is 5.10 Å². The molecule has 2 aromatic rings. The molecule has 0 bridgehead atoms. The summed E-state index contributed by atoms with van der Waals surface area (Å²) in [4.78, 5) is 12.4. The Kier molecular flexibility index (Phi) is 2.74. The molecule has 0 spiro atoms. The Morgan fingerprint density at radius 3 is 2.83 bits per heavy atom. The van der Waals surface area contributed by atoms with Crippen molar-refractivity contribution in [2.75, 3.05) is 13.1 Å². The fourth-order valence-electron chi connectivity index (χ4n) is 2.54. The molecule has 1 aliphatic rings. The summed E-state index contributed by atoms with van der Waals surface area (Å²) >= 11 is 0. The zero-order valence-corrected chi connectivity index (χ0v) is 9.92. The number of halogens is 1. The van der Waals surface area contributed by atoms with E-state index in [1.807, 2.05) is 4.68 Å². The van der Waals surface area contributed by atoms with Gasteiger partial charge >= 0.3 is 0 Å². The van der Waals surface area contributed by atoms with E-state index in [0.717, 1.165) is 43.2 Å². The molecule has 0 saturated carbocycles. The van der Waals surface area contributed by atoms with Crippen molar-refractivity contribution >= 4 is 17.3 Å². The number of carbonyl (C=O) groups is 1. The topological polar surface area (TPSA) is 38.1 Å². The Labute approximate surface area is 104 Å². The van der Waals surface area contributed by atoms with E-state index in [-0.39, 0.29) is 11.9 Å². The van der Waals surface area contributed by atoms with Crippen molar-refractivity contribution in [1.29, 1.82) is 0 Å². The minimum absolute atomic E-state index is 0.241. The second-order valence-electron chi connectivity index (χ2n) is 4.66. The largest absolute Gasteiger partial charge is 0.345 e. The number of carbonyl (C=O) groups excluding carboxylic acids is 1. The van der Waals surface area contributed by atoms with Gasteiger partial charge in [0.05, 0.1) is 17.8 Å². The maximum atomic E-state index is 13.3. The Morgan fingerprint density at radius 1 is 1.33 bits per heavy atom. The lowest BCUT2D eigenvalue weighted by Crippen LogP contribution is -2.33. The molecule has 0 radical (unpaired) electrons. The van der Waals surface area contributed by atoms with E-state index in [1.54, 1.807) is 17.2 Å². The third-order valence-electron chi connectivity index (χ3n) is 3.55. The van der Waals surface area contributed by atoms with Crippen LogP contribution in [0.25, 0.3) is 10.9 Å². The summed E-state index contributed by atoms with van der Waals surface area (Å²) in [6, 6.07) is 4.97. The number of fused-ring (bicyclic) bond motifs is 1. The fourth-order valence-corrected chi connectivity index (χ4v) is 2.54. The van der Waals surface area contributed by atoms with Crippen LogP contribution in [0.15, 0.2) is 24.4 Å². The van der Waals surface area contributed by atoms with Crippen molar-refractivity contribution < 1.29 is 9.18 Å². The minimum Gasteiger partial charge on any atom is -0.345 e. The highest BCUT2D eigenvalue weighted by molar-refractivity contribution is 5.78.